The number of nitrogens with zero attached hydrogens (tertiary/aromatic N) is 4. The lowest BCUT2D eigenvalue weighted by Crippen LogP contribution is -2.43. The molecule has 27 heavy (non-hydrogen) atoms. The van der Waals surface area contributed by atoms with Crippen molar-refractivity contribution >= 4 is 22.8 Å². The van der Waals surface area contributed by atoms with Crippen LogP contribution in [-0.4, -0.2) is 32.0 Å². The number of tetrazole rings is 1. The summed E-state index contributed by atoms with van der Waals surface area (Å²) in [5.74, 6) is -0.552. The predicted octanol–water partition coefficient (Wildman–Crippen LogP) is 1.55. The van der Waals surface area contributed by atoms with Gasteiger partial charge in [-0.1, -0.05) is 48.5 Å². The fourth-order valence-corrected chi connectivity index (χ4v) is 2.46. The van der Waals surface area contributed by atoms with Crippen LogP contribution in [0.15, 0.2) is 65.1 Å². The van der Waals surface area contributed by atoms with E-state index in [-0.39, 0.29) is 12.3 Å². The Kier molecular flexibility index (Phi) is 4.32. The highest BCUT2D eigenvalue weighted by molar-refractivity contribution is 5.96. The van der Waals surface area contributed by atoms with E-state index < -0.39 is 11.8 Å². The zero-order chi connectivity index (χ0) is 18.6. The molecule has 2 N–H and O–H groups in total. The van der Waals surface area contributed by atoms with E-state index in [0.29, 0.717) is 11.4 Å². The molecule has 0 saturated carbocycles. The minimum atomic E-state index is -0.559. The summed E-state index contributed by atoms with van der Waals surface area (Å²) in [5, 5.41) is 12.7. The van der Waals surface area contributed by atoms with Crippen molar-refractivity contribution in [3.63, 3.8) is 0 Å². The molecular weight excluding hydrogens is 348 g/mol. The van der Waals surface area contributed by atoms with Gasteiger partial charge in [-0.15, -0.1) is 10.2 Å². The molecule has 4 rings (SSSR count). The monoisotopic (exact) mass is 362 g/mol. The van der Waals surface area contributed by atoms with Gasteiger partial charge in [0.15, 0.2) is 5.76 Å². The molecule has 2 aromatic heterocycles. The number of carbonyl (C=O) groups excluding carboxylic acids is 2. The van der Waals surface area contributed by atoms with Crippen LogP contribution >= 0.6 is 0 Å². The van der Waals surface area contributed by atoms with E-state index in [2.05, 4.69) is 26.3 Å². The van der Waals surface area contributed by atoms with Gasteiger partial charge in [-0.2, -0.15) is 4.80 Å². The second kappa shape index (κ2) is 7.08. The van der Waals surface area contributed by atoms with E-state index >= 15 is 0 Å². The molecule has 0 fully saturated rings. The fourth-order valence-electron chi connectivity index (χ4n) is 2.46. The molecule has 0 aliphatic rings. The van der Waals surface area contributed by atoms with Gasteiger partial charge in [0, 0.05) is 10.9 Å². The molecule has 134 valence electrons. The number of aromatic nitrogens is 4. The van der Waals surface area contributed by atoms with Crippen molar-refractivity contribution in [3.05, 3.63) is 66.4 Å². The maximum atomic E-state index is 12.1. The summed E-state index contributed by atoms with van der Waals surface area (Å²) in [6, 6.07) is 18.1. The highest BCUT2D eigenvalue weighted by Gasteiger charge is 2.14. The van der Waals surface area contributed by atoms with Crippen molar-refractivity contribution in [1.29, 1.82) is 0 Å². The van der Waals surface area contributed by atoms with Gasteiger partial charge in [-0.25, -0.2) is 0 Å². The fraction of sp³-hybridized carbons (Fsp3) is 0.0556. The van der Waals surface area contributed by atoms with Gasteiger partial charge in [0.25, 0.3) is 5.91 Å². The van der Waals surface area contributed by atoms with Gasteiger partial charge in [0.2, 0.25) is 5.82 Å². The van der Waals surface area contributed by atoms with Crippen molar-refractivity contribution in [1.82, 2.24) is 31.1 Å². The van der Waals surface area contributed by atoms with Gasteiger partial charge >= 0.3 is 5.91 Å². The summed E-state index contributed by atoms with van der Waals surface area (Å²) < 4.78 is 5.43. The number of rotatable bonds is 4. The third kappa shape index (κ3) is 3.66. The summed E-state index contributed by atoms with van der Waals surface area (Å²) in [6.07, 6.45) is 0. The molecule has 9 nitrogen and oxygen atoms in total. The number of para-hydroxylation sites is 1. The lowest BCUT2D eigenvalue weighted by Gasteiger charge is -2.04. The van der Waals surface area contributed by atoms with E-state index in [1.54, 1.807) is 12.1 Å². The Balaban J connectivity index is 1.34. The molecule has 9 heteroatoms. The highest BCUT2D eigenvalue weighted by Crippen LogP contribution is 2.18. The molecule has 4 aromatic rings. The van der Waals surface area contributed by atoms with Crippen molar-refractivity contribution < 1.29 is 14.0 Å². The molecule has 0 bridgehead atoms. The lowest BCUT2D eigenvalue weighted by atomic mass is 10.2. The van der Waals surface area contributed by atoms with Crippen LogP contribution < -0.4 is 10.9 Å². The topological polar surface area (TPSA) is 115 Å². The average molecular weight is 362 g/mol. The standard InChI is InChI=1S/C18H14N6O3/c25-16(11-24-22-17(20-23-24)12-6-2-1-3-7-12)19-21-18(26)15-10-13-8-4-5-9-14(13)27-15/h1-10H,11H2,(H,19,25)(H,21,26). The third-order valence-electron chi connectivity index (χ3n) is 3.73. The van der Waals surface area contributed by atoms with Crippen LogP contribution in [0.3, 0.4) is 0 Å². The number of benzene rings is 2. The molecule has 2 amide bonds. The van der Waals surface area contributed by atoms with E-state index in [1.807, 2.05) is 48.5 Å². The van der Waals surface area contributed by atoms with Gasteiger partial charge in [-0.05, 0) is 17.3 Å². The maximum absolute atomic E-state index is 12.1. The first-order valence-electron chi connectivity index (χ1n) is 8.10. The van der Waals surface area contributed by atoms with Crippen LogP contribution in [0.5, 0.6) is 0 Å². The first kappa shape index (κ1) is 16.5. The Labute approximate surface area is 152 Å². The number of nitrogens with one attached hydrogen (secondary N) is 2. The summed E-state index contributed by atoms with van der Waals surface area (Å²) in [7, 11) is 0. The zero-order valence-electron chi connectivity index (χ0n) is 14.0. The minimum Gasteiger partial charge on any atom is -0.451 e. The molecule has 0 radical (unpaired) electrons. The Bertz CT molecular complexity index is 1070. The zero-order valence-corrected chi connectivity index (χ0v) is 14.0. The SMILES string of the molecule is O=C(Cn1nnc(-c2ccccc2)n1)NNC(=O)c1cc2ccccc2o1. The second-order valence-electron chi connectivity index (χ2n) is 5.66. The quantitative estimate of drug-likeness (QED) is 0.532. The van der Waals surface area contributed by atoms with E-state index in [1.165, 1.54) is 0 Å². The Hall–Kier alpha value is -4.01. The average Bonchev–Trinajstić information content (AvgIpc) is 3.33. The Morgan fingerprint density at radius 2 is 1.78 bits per heavy atom. The number of furan rings is 1. The summed E-state index contributed by atoms with van der Waals surface area (Å²) >= 11 is 0. The molecule has 0 aliphatic heterocycles. The summed E-state index contributed by atoms with van der Waals surface area (Å²) in [6.45, 7) is -0.194. The van der Waals surface area contributed by atoms with Crippen molar-refractivity contribution in [2.24, 2.45) is 0 Å². The highest BCUT2D eigenvalue weighted by atomic mass is 16.3. The number of hydrogen-bond donors (Lipinski definition) is 2. The summed E-state index contributed by atoms with van der Waals surface area (Å²) in [5.41, 5.74) is 5.98. The Morgan fingerprint density at radius 3 is 2.59 bits per heavy atom. The van der Waals surface area contributed by atoms with Crippen molar-refractivity contribution in [3.8, 4) is 11.4 Å². The number of hydrogen-bond acceptors (Lipinski definition) is 6. The van der Waals surface area contributed by atoms with Crippen LogP contribution in [0.2, 0.25) is 0 Å². The molecule has 0 spiro atoms. The second-order valence-corrected chi connectivity index (χ2v) is 5.66. The lowest BCUT2D eigenvalue weighted by molar-refractivity contribution is -0.122. The van der Waals surface area contributed by atoms with Crippen LogP contribution in [0.1, 0.15) is 10.6 Å². The smallest absolute Gasteiger partial charge is 0.305 e. The van der Waals surface area contributed by atoms with Gasteiger partial charge in [-0.3, -0.25) is 20.4 Å². The van der Waals surface area contributed by atoms with E-state index in [9.17, 15) is 9.59 Å². The molecule has 0 aliphatic carbocycles. The normalized spacial score (nSPS) is 10.7. The molecular formula is C18H14N6O3. The van der Waals surface area contributed by atoms with Crippen LogP contribution in [0, 0.1) is 0 Å². The molecule has 2 heterocycles. The first-order valence-corrected chi connectivity index (χ1v) is 8.10. The van der Waals surface area contributed by atoms with Crippen LogP contribution in [-0.2, 0) is 11.3 Å². The minimum absolute atomic E-state index is 0.0988. The summed E-state index contributed by atoms with van der Waals surface area (Å²) in [4.78, 5) is 25.2. The molecule has 0 atom stereocenters. The van der Waals surface area contributed by atoms with Crippen LogP contribution in [0.25, 0.3) is 22.4 Å². The number of hydrazine groups is 1. The predicted molar refractivity (Wildman–Crippen MR) is 95.1 cm³/mol. The van der Waals surface area contributed by atoms with E-state index in [4.69, 9.17) is 4.42 Å². The molecule has 0 unspecified atom stereocenters. The third-order valence-corrected chi connectivity index (χ3v) is 3.73. The molecule has 2 aromatic carbocycles. The number of fused-ring (bicyclic) bond motifs is 1. The van der Waals surface area contributed by atoms with Gasteiger partial charge < -0.3 is 4.42 Å². The van der Waals surface area contributed by atoms with Crippen LogP contribution in [0.4, 0.5) is 0 Å². The van der Waals surface area contributed by atoms with Crippen molar-refractivity contribution in [2.45, 2.75) is 6.54 Å². The molecule has 0 saturated heterocycles. The van der Waals surface area contributed by atoms with Gasteiger partial charge in [0.05, 0.1) is 0 Å². The number of amides is 2. The van der Waals surface area contributed by atoms with Crippen molar-refractivity contribution in [2.75, 3.05) is 0 Å². The van der Waals surface area contributed by atoms with Gasteiger partial charge in [0.1, 0.15) is 12.1 Å². The van der Waals surface area contributed by atoms with E-state index in [0.717, 1.165) is 15.7 Å². The largest absolute Gasteiger partial charge is 0.451 e. The number of carbonyl (C=O) groups is 2. The Morgan fingerprint density at radius 1 is 1.00 bits per heavy atom. The first-order chi connectivity index (χ1) is 13.2. The maximum Gasteiger partial charge on any atom is 0.305 e.